The molecule has 1 atom stereocenters. The van der Waals surface area contributed by atoms with Gasteiger partial charge in [-0.05, 0) is 49.3 Å². The molecule has 0 saturated heterocycles. The molecule has 4 N–H and O–H groups in total. The molecule has 0 saturated carbocycles. The first-order chi connectivity index (χ1) is 22.4. The largest absolute Gasteiger partial charge is 0.477 e. The number of rotatable bonds is 27. The third-order valence-electron chi connectivity index (χ3n) is 7.25. The standard InChI is InChI=1S/C32H47N5O8S/c38-18-14-36(24-26-8-6-10-28(34-26)31(40)41)16-20-44-22-23-45-21-17-37(15-19-39)30(12-4-2-1-3-5-13-33-25-46)27-9-7-11-29(35-27)32(42)43/h6-11,30,38-39H,1-5,12-24H2,(H,40,41)(H,42,43). The first kappa shape index (κ1) is 39.0. The molecule has 0 bridgehead atoms. The second kappa shape index (κ2) is 24.0. The molecule has 14 heteroatoms. The lowest BCUT2D eigenvalue weighted by molar-refractivity contribution is 0.0216. The van der Waals surface area contributed by atoms with E-state index in [-0.39, 0.29) is 30.6 Å². The molecule has 2 aromatic heterocycles. The number of carboxylic acid groups (broad SMARTS) is 2. The Hall–Kier alpha value is -3.20. The molecule has 0 aromatic carbocycles. The molecule has 2 heterocycles. The average molecular weight is 662 g/mol. The highest BCUT2D eigenvalue weighted by Crippen LogP contribution is 2.26. The number of aliphatic hydroxyl groups excluding tert-OH is 2. The molecular weight excluding hydrogens is 614 g/mol. The van der Waals surface area contributed by atoms with Crippen molar-refractivity contribution in [3.8, 4) is 0 Å². The van der Waals surface area contributed by atoms with Gasteiger partial charge in [-0.25, -0.2) is 24.5 Å². The number of carbonyl (C=O) groups is 2. The van der Waals surface area contributed by atoms with Crippen LogP contribution in [0.15, 0.2) is 41.4 Å². The van der Waals surface area contributed by atoms with Crippen LogP contribution in [0.25, 0.3) is 0 Å². The zero-order valence-corrected chi connectivity index (χ0v) is 27.2. The summed E-state index contributed by atoms with van der Waals surface area (Å²) < 4.78 is 11.6. The Bertz CT molecular complexity index is 1220. The number of aromatic carboxylic acids is 2. The number of pyridine rings is 2. The number of hydrogen-bond acceptors (Lipinski definition) is 12. The van der Waals surface area contributed by atoms with Gasteiger partial charge in [0.05, 0.1) is 62.2 Å². The maximum atomic E-state index is 11.6. The van der Waals surface area contributed by atoms with Gasteiger partial charge in [0.2, 0.25) is 0 Å². The Balaban J connectivity index is 1.83. The highest BCUT2D eigenvalue weighted by molar-refractivity contribution is 7.78. The van der Waals surface area contributed by atoms with Crippen LogP contribution in [0.1, 0.15) is 76.9 Å². The van der Waals surface area contributed by atoms with Crippen LogP contribution in [-0.4, -0.2) is 130 Å². The predicted octanol–water partition coefficient (Wildman–Crippen LogP) is 3.18. The lowest BCUT2D eigenvalue weighted by atomic mass is 10.0. The minimum atomic E-state index is -1.09. The third kappa shape index (κ3) is 15.9. The lowest BCUT2D eigenvalue weighted by Crippen LogP contribution is -2.35. The van der Waals surface area contributed by atoms with E-state index >= 15 is 0 Å². The highest BCUT2D eigenvalue weighted by Gasteiger charge is 2.22. The third-order valence-corrected chi connectivity index (χ3v) is 7.37. The number of hydrogen-bond donors (Lipinski definition) is 4. The van der Waals surface area contributed by atoms with Crippen molar-refractivity contribution in [1.29, 1.82) is 0 Å². The molecule has 0 amide bonds. The summed E-state index contributed by atoms with van der Waals surface area (Å²) >= 11 is 4.60. The van der Waals surface area contributed by atoms with Gasteiger partial charge < -0.3 is 29.9 Å². The molecule has 0 aliphatic carbocycles. The summed E-state index contributed by atoms with van der Waals surface area (Å²) in [5, 5.41) is 40.3. The van der Waals surface area contributed by atoms with Crippen LogP contribution in [0.3, 0.4) is 0 Å². The molecule has 13 nitrogen and oxygen atoms in total. The smallest absolute Gasteiger partial charge is 0.354 e. The molecule has 0 spiro atoms. The Morgan fingerprint density at radius 2 is 1.43 bits per heavy atom. The van der Waals surface area contributed by atoms with Gasteiger partial charge in [0.1, 0.15) is 11.4 Å². The molecule has 254 valence electrons. The van der Waals surface area contributed by atoms with Crippen molar-refractivity contribution in [2.75, 3.05) is 72.4 Å². The van der Waals surface area contributed by atoms with Crippen molar-refractivity contribution in [2.45, 2.75) is 51.1 Å². The van der Waals surface area contributed by atoms with E-state index in [4.69, 9.17) is 14.6 Å². The fraction of sp³-hybridized carbons (Fsp3) is 0.594. The molecule has 0 radical (unpaired) electrons. The van der Waals surface area contributed by atoms with E-state index in [9.17, 15) is 24.9 Å². The number of carboxylic acids is 2. The van der Waals surface area contributed by atoms with E-state index in [0.29, 0.717) is 77.1 Å². The summed E-state index contributed by atoms with van der Waals surface area (Å²) in [6.07, 6.45) is 5.76. The number of nitrogens with zero attached hydrogens (tertiary/aromatic N) is 5. The summed E-state index contributed by atoms with van der Waals surface area (Å²) in [4.78, 5) is 39.3. The van der Waals surface area contributed by atoms with Crippen LogP contribution < -0.4 is 0 Å². The fourth-order valence-electron chi connectivity index (χ4n) is 4.95. The van der Waals surface area contributed by atoms with Gasteiger partial charge in [-0.15, -0.1) is 0 Å². The second-order valence-corrected chi connectivity index (χ2v) is 10.8. The van der Waals surface area contributed by atoms with Crippen molar-refractivity contribution < 1.29 is 39.5 Å². The van der Waals surface area contributed by atoms with Gasteiger partial charge in [0.15, 0.2) is 0 Å². The Labute approximate surface area is 275 Å². The molecule has 0 aliphatic heterocycles. The molecule has 1 unspecified atom stereocenters. The van der Waals surface area contributed by atoms with E-state index in [1.54, 1.807) is 18.2 Å². The number of aliphatic hydroxyl groups is 2. The quantitative estimate of drug-likeness (QED) is 0.0624. The Kier molecular flexibility index (Phi) is 20.4. The summed E-state index contributed by atoms with van der Waals surface area (Å²) in [6.45, 7) is 4.32. The molecule has 2 aromatic rings. The molecular formula is C32H47N5O8S. The number of ether oxygens (including phenoxy) is 2. The summed E-state index contributed by atoms with van der Waals surface area (Å²) in [7, 11) is 0. The lowest BCUT2D eigenvalue weighted by Gasteiger charge is -2.31. The Morgan fingerprint density at radius 3 is 2.11 bits per heavy atom. The average Bonchev–Trinajstić information content (AvgIpc) is 3.05. The maximum Gasteiger partial charge on any atom is 0.354 e. The van der Waals surface area contributed by atoms with E-state index in [1.807, 2.05) is 11.0 Å². The van der Waals surface area contributed by atoms with E-state index < -0.39 is 11.9 Å². The van der Waals surface area contributed by atoms with Gasteiger partial charge in [0.25, 0.3) is 0 Å². The topological polar surface area (TPSA) is 178 Å². The number of thiocarbonyl (C=S) groups is 1. The van der Waals surface area contributed by atoms with Crippen molar-refractivity contribution >= 4 is 29.3 Å². The molecule has 0 fully saturated rings. The highest BCUT2D eigenvalue weighted by atomic mass is 32.1. The number of isothiocyanates is 1. The zero-order chi connectivity index (χ0) is 33.4. The number of aliphatic imine (C=N–C) groups is 1. The van der Waals surface area contributed by atoms with Gasteiger partial charge in [-0.3, -0.25) is 9.80 Å². The SMILES string of the molecule is O=C(O)c1cccc(CN(CCO)CCOCCOCCN(CCO)C(CCCCCCCN=C=S)c2cccc(C(=O)O)n2)n1. The van der Waals surface area contributed by atoms with E-state index in [2.05, 4.69) is 37.2 Å². The monoisotopic (exact) mass is 661 g/mol. The van der Waals surface area contributed by atoms with Crippen LogP contribution in [0.4, 0.5) is 0 Å². The van der Waals surface area contributed by atoms with Crippen LogP contribution in [-0.2, 0) is 16.0 Å². The van der Waals surface area contributed by atoms with Crippen molar-refractivity contribution in [3.05, 3.63) is 59.2 Å². The maximum absolute atomic E-state index is 11.6. The summed E-state index contributed by atoms with van der Waals surface area (Å²) in [5.41, 5.74) is 1.22. The van der Waals surface area contributed by atoms with Crippen LogP contribution in [0.5, 0.6) is 0 Å². The minimum Gasteiger partial charge on any atom is -0.477 e. The van der Waals surface area contributed by atoms with E-state index in [1.165, 1.54) is 12.1 Å². The van der Waals surface area contributed by atoms with Crippen molar-refractivity contribution in [2.24, 2.45) is 4.99 Å². The van der Waals surface area contributed by atoms with Crippen LogP contribution >= 0.6 is 12.2 Å². The van der Waals surface area contributed by atoms with Crippen molar-refractivity contribution in [1.82, 2.24) is 19.8 Å². The second-order valence-electron chi connectivity index (χ2n) is 10.6. The summed E-state index contributed by atoms with van der Waals surface area (Å²) in [5.74, 6) is -2.17. The Morgan fingerprint density at radius 1 is 0.804 bits per heavy atom. The summed E-state index contributed by atoms with van der Waals surface area (Å²) in [6, 6.07) is 9.66. The first-order valence-electron chi connectivity index (χ1n) is 15.7. The zero-order valence-electron chi connectivity index (χ0n) is 26.3. The van der Waals surface area contributed by atoms with Gasteiger partial charge in [0, 0.05) is 39.3 Å². The fourth-order valence-corrected chi connectivity index (χ4v) is 5.05. The normalized spacial score (nSPS) is 11.9. The first-order valence-corrected chi connectivity index (χ1v) is 16.1. The van der Waals surface area contributed by atoms with Gasteiger partial charge >= 0.3 is 11.9 Å². The minimum absolute atomic E-state index is 0.0125. The van der Waals surface area contributed by atoms with Gasteiger partial charge in [-0.2, -0.15) is 0 Å². The van der Waals surface area contributed by atoms with Crippen LogP contribution in [0, 0.1) is 0 Å². The molecule has 0 aliphatic rings. The van der Waals surface area contributed by atoms with E-state index in [0.717, 1.165) is 38.5 Å². The number of aromatic nitrogens is 2. The number of unbranched alkanes of at least 4 members (excludes halogenated alkanes) is 4. The van der Waals surface area contributed by atoms with Crippen LogP contribution in [0.2, 0.25) is 0 Å². The molecule has 2 rings (SSSR count). The van der Waals surface area contributed by atoms with Gasteiger partial charge in [-0.1, -0.05) is 37.8 Å². The predicted molar refractivity (Wildman–Crippen MR) is 175 cm³/mol. The van der Waals surface area contributed by atoms with Crippen molar-refractivity contribution in [3.63, 3.8) is 0 Å². The molecule has 46 heavy (non-hydrogen) atoms.